The molecule has 20 heavy (non-hydrogen) atoms. The highest BCUT2D eigenvalue weighted by molar-refractivity contribution is 14.1. The second-order valence-corrected chi connectivity index (χ2v) is 5.66. The lowest BCUT2D eigenvalue weighted by Crippen LogP contribution is -2.04. The molecule has 3 heteroatoms. The molecule has 1 N–H and O–H groups in total. The quantitative estimate of drug-likeness (QED) is 0.622. The molecule has 0 heterocycles. The number of ether oxygens (including phenoxy) is 1. The Hall–Kier alpha value is -1.67. The maximum absolute atomic E-state index is 5.55. The van der Waals surface area contributed by atoms with Crippen molar-refractivity contribution in [3.8, 4) is 18.1 Å². The van der Waals surface area contributed by atoms with Crippen LogP contribution in [0.2, 0.25) is 0 Å². The number of halogens is 1. The van der Waals surface area contributed by atoms with Crippen molar-refractivity contribution in [1.82, 2.24) is 0 Å². The summed E-state index contributed by atoms with van der Waals surface area (Å²) >= 11 is 2.32. The second-order valence-electron chi connectivity index (χ2n) is 4.41. The third-order valence-electron chi connectivity index (χ3n) is 2.94. The number of para-hydroxylation sites is 1. The van der Waals surface area contributed by atoms with Crippen molar-refractivity contribution < 1.29 is 4.74 Å². The molecule has 0 bridgehead atoms. The highest BCUT2D eigenvalue weighted by atomic mass is 127. The Morgan fingerprint density at radius 3 is 2.80 bits per heavy atom. The van der Waals surface area contributed by atoms with Crippen molar-refractivity contribution >= 4 is 28.3 Å². The normalized spacial score (nSPS) is 9.85. The van der Waals surface area contributed by atoms with E-state index in [9.17, 15) is 0 Å². The predicted octanol–water partition coefficient (Wildman–Crippen LogP) is 4.22. The molecule has 0 unspecified atom stereocenters. The maximum Gasteiger partial charge on any atom is 0.148 e. The van der Waals surface area contributed by atoms with Crippen LogP contribution in [0.3, 0.4) is 0 Å². The third kappa shape index (κ3) is 3.91. The number of anilines is 1. The van der Waals surface area contributed by atoms with Crippen LogP contribution >= 0.6 is 22.6 Å². The zero-order valence-electron chi connectivity index (χ0n) is 11.3. The lowest BCUT2D eigenvalue weighted by molar-refractivity contribution is 0.366. The first-order valence-corrected chi connectivity index (χ1v) is 7.43. The van der Waals surface area contributed by atoms with Crippen LogP contribution in [-0.4, -0.2) is 6.61 Å². The van der Waals surface area contributed by atoms with Crippen LogP contribution in [0.25, 0.3) is 0 Å². The molecule has 0 aliphatic carbocycles. The van der Waals surface area contributed by atoms with E-state index in [0.29, 0.717) is 13.2 Å². The number of nitrogens with one attached hydrogen (secondary N) is 1. The number of hydrogen-bond donors (Lipinski definition) is 1. The molecule has 0 aromatic heterocycles. The molecule has 0 aliphatic rings. The average Bonchev–Trinajstić information content (AvgIpc) is 2.45. The first-order valence-electron chi connectivity index (χ1n) is 6.35. The number of terminal acetylenes is 1. The molecule has 0 radical (unpaired) electrons. The van der Waals surface area contributed by atoms with Crippen LogP contribution < -0.4 is 10.1 Å². The lowest BCUT2D eigenvalue weighted by Gasteiger charge is -2.13. The van der Waals surface area contributed by atoms with Gasteiger partial charge >= 0.3 is 0 Å². The number of rotatable bonds is 5. The molecule has 0 spiro atoms. The van der Waals surface area contributed by atoms with Crippen molar-refractivity contribution in [3.63, 3.8) is 0 Å². The van der Waals surface area contributed by atoms with Crippen molar-refractivity contribution in [2.24, 2.45) is 0 Å². The largest absolute Gasteiger partial charge is 0.481 e. The van der Waals surface area contributed by atoms with Gasteiger partial charge in [-0.15, -0.1) is 6.42 Å². The van der Waals surface area contributed by atoms with Gasteiger partial charge in [0, 0.05) is 21.4 Å². The summed E-state index contributed by atoms with van der Waals surface area (Å²) < 4.78 is 6.79. The molecule has 0 aliphatic heterocycles. The van der Waals surface area contributed by atoms with Gasteiger partial charge in [-0.05, 0) is 59.3 Å². The van der Waals surface area contributed by atoms with E-state index < -0.39 is 0 Å². The van der Waals surface area contributed by atoms with Gasteiger partial charge in [-0.1, -0.05) is 24.1 Å². The first-order chi connectivity index (χ1) is 9.70. The summed E-state index contributed by atoms with van der Waals surface area (Å²) in [4.78, 5) is 0. The van der Waals surface area contributed by atoms with E-state index >= 15 is 0 Å². The SMILES string of the molecule is C#CCOc1ccccc1CNc1ccc(I)cc1C. The van der Waals surface area contributed by atoms with E-state index in [1.165, 1.54) is 9.13 Å². The Morgan fingerprint density at radius 1 is 1.25 bits per heavy atom. The molecule has 2 aromatic carbocycles. The summed E-state index contributed by atoms with van der Waals surface area (Å²) in [6.45, 7) is 3.10. The first kappa shape index (κ1) is 14.7. The van der Waals surface area contributed by atoms with Gasteiger partial charge in [0.15, 0.2) is 0 Å². The molecule has 0 saturated carbocycles. The van der Waals surface area contributed by atoms with Crippen LogP contribution in [0.4, 0.5) is 5.69 Å². The standard InChI is InChI=1S/C17H16INO/c1-3-10-20-17-7-5-4-6-14(17)12-19-16-9-8-15(18)11-13(16)2/h1,4-9,11,19H,10,12H2,2H3. The van der Waals surface area contributed by atoms with Crippen LogP contribution in [0.1, 0.15) is 11.1 Å². The van der Waals surface area contributed by atoms with Crippen molar-refractivity contribution in [2.75, 3.05) is 11.9 Å². The Labute approximate surface area is 133 Å². The Kier molecular flexibility index (Phi) is 5.31. The van der Waals surface area contributed by atoms with E-state index in [-0.39, 0.29) is 0 Å². The van der Waals surface area contributed by atoms with Crippen LogP contribution in [0.5, 0.6) is 5.75 Å². The lowest BCUT2D eigenvalue weighted by atomic mass is 10.1. The molecule has 0 atom stereocenters. The van der Waals surface area contributed by atoms with Crippen LogP contribution in [0, 0.1) is 22.8 Å². The highest BCUT2D eigenvalue weighted by Gasteiger charge is 2.04. The van der Waals surface area contributed by atoms with Crippen molar-refractivity contribution in [2.45, 2.75) is 13.5 Å². The van der Waals surface area contributed by atoms with E-state index in [4.69, 9.17) is 11.2 Å². The molecule has 2 nitrogen and oxygen atoms in total. The van der Waals surface area contributed by atoms with E-state index in [2.05, 4.69) is 59.0 Å². The Balaban J connectivity index is 2.09. The summed E-state index contributed by atoms with van der Waals surface area (Å²) in [5.41, 5.74) is 3.47. The van der Waals surface area contributed by atoms with Crippen molar-refractivity contribution in [1.29, 1.82) is 0 Å². The molecule has 0 amide bonds. The predicted molar refractivity (Wildman–Crippen MR) is 92.0 cm³/mol. The summed E-state index contributed by atoms with van der Waals surface area (Å²) in [6, 6.07) is 14.3. The molecular formula is C17H16INO. The molecule has 0 saturated heterocycles. The summed E-state index contributed by atoms with van der Waals surface area (Å²) in [7, 11) is 0. The number of hydrogen-bond acceptors (Lipinski definition) is 2. The van der Waals surface area contributed by atoms with Gasteiger partial charge < -0.3 is 10.1 Å². The molecule has 0 fully saturated rings. The molecule has 2 rings (SSSR count). The summed E-state index contributed by atoms with van der Waals surface area (Å²) in [6.07, 6.45) is 5.23. The third-order valence-corrected chi connectivity index (χ3v) is 3.61. The van der Waals surface area contributed by atoms with Gasteiger partial charge in [0.05, 0.1) is 0 Å². The zero-order chi connectivity index (χ0) is 14.4. The molecular weight excluding hydrogens is 361 g/mol. The molecule has 2 aromatic rings. The van der Waals surface area contributed by atoms with Crippen LogP contribution in [-0.2, 0) is 6.54 Å². The van der Waals surface area contributed by atoms with Gasteiger partial charge in [-0.3, -0.25) is 0 Å². The van der Waals surface area contributed by atoms with E-state index in [1.54, 1.807) is 0 Å². The van der Waals surface area contributed by atoms with Crippen LogP contribution in [0.15, 0.2) is 42.5 Å². The fourth-order valence-corrected chi connectivity index (χ4v) is 2.57. The second kappa shape index (κ2) is 7.20. The van der Waals surface area contributed by atoms with Gasteiger partial charge in [-0.2, -0.15) is 0 Å². The maximum atomic E-state index is 5.55. The van der Waals surface area contributed by atoms with Gasteiger partial charge in [0.2, 0.25) is 0 Å². The van der Waals surface area contributed by atoms with E-state index in [1.807, 2.05) is 24.3 Å². The zero-order valence-corrected chi connectivity index (χ0v) is 13.5. The monoisotopic (exact) mass is 377 g/mol. The summed E-state index contributed by atoms with van der Waals surface area (Å²) in [5, 5.41) is 3.44. The molecule has 102 valence electrons. The number of benzene rings is 2. The smallest absolute Gasteiger partial charge is 0.148 e. The van der Waals surface area contributed by atoms with Gasteiger partial charge in [-0.25, -0.2) is 0 Å². The topological polar surface area (TPSA) is 21.3 Å². The minimum absolute atomic E-state index is 0.291. The Morgan fingerprint density at radius 2 is 2.05 bits per heavy atom. The summed E-state index contributed by atoms with van der Waals surface area (Å²) in [5.74, 6) is 3.32. The van der Waals surface area contributed by atoms with E-state index in [0.717, 1.165) is 17.0 Å². The Bertz CT molecular complexity index is 631. The number of aryl methyl sites for hydroxylation is 1. The fourth-order valence-electron chi connectivity index (χ4n) is 1.93. The van der Waals surface area contributed by atoms with Gasteiger partial charge in [0.1, 0.15) is 12.4 Å². The highest BCUT2D eigenvalue weighted by Crippen LogP contribution is 2.22. The fraction of sp³-hybridized carbons (Fsp3) is 0.176. The minimum atomic E-state index is 0.291. The van der Waals surface area contributed by atoms with Crippen molar-refractivity contribution in [3.05, 3.63) is 57.2 Å². The average molecular weight is 377 g/mol. The minimum Gasteiger partial charge on any atom is -0.481 e. The van der Waals surface area contributed by atoms with Gasteiger partial charge in [0.25, 0.3) is 0 Å².